The van der Waals surface area contributed by atoms with Crippen molar-refractivity contribution in [1.82, 2.24) is 5.32 Å². The normalized spacial score (nSPS) is 15.6. The van der Waals surface area contributed by atoms with E-state index in [1.807, 2.05) is 6.07 Å². The highest BCUT2D eigenvalue weighted by molar-refractivity contribution is 7.80. The number of hydrogen-bond acceptors (Lipinski definition) is 4. The lowest BCUT2D eigenvalue weighted by atomic mass is 10.1. The van der Waals surface area contributed by atoms with Crippen molar-refractivity contribution in [2.24, 2.45) is 0 Å². The van der Waals surface area contributed by atoms with Crippen LogP contribution in [0.3, 0.4) is 0 Å². The van der Waals surface area contributed by atoms with Crippen LogP contribution in [0.2, 0.25) is 0 Å². The molecule has 2 aromatic carbocycles. The van der Waals surface area contributed by atoms with Gasteiger partial charge in [0.15, 0.2) is 5.11 Å². The average molecular weight is 362 g/mol. The molecule has 0 aliphatic carbocycles. The highest BCUT2D eigenvalue weighted by Crippen LogP contribution is 2.22. The molecule has 5 nitrogen and oxygen atoms in total. The van der Waals surface area contributed by atoms with Crippen LogP contribution in [-0.4, -0.2) is 23.5 Å². The molecular weight excluding hydrogens is 348 g/mol. The number of hydrogen-bond donors (Lipinski definition) is 1. The standard InChI is InChI=1S/C20H14N2O3S/c1-2-11-25-16-10-6-7-14(12-16)13-17-18(23)21-20(26)22(19(17)24)15-8-4-3-5-9-15/h1,3-10,12-13H,11H2,(H,21,23,26)/b17-13-. The summed E-state index contributed by atoms with van der Waals surface area (Å²) in [4.78, 5) is 26.4. The molecule has 1 aliphatic heterocycles. The van der Waals surface area contributed by atoms with Crippen molar-refractivity contribution in [3.8, 4) is 18.1 Å². The number of ether oxygens (including phenoxy) is 1. The molecule has 0 atom stereocenters. The zero-order valence-corrected chi connectivity index (χ0v) is 14.5. The first-order chi connectivity index (χ1) is 12.6. The van der Waals surface area contributed by atoms with Gasteiger partial charge in [-0.05, 0) is 48.1 Å². The van der Waals surface area contributed by atoms with Gasteiger partial charge in [0.2, 0.25) is 0 Å². The first kappa shape index (κ1) is 17.4. The molecule has 1 N–H and O–H groups in total. The molecule has 2 aromatic rings. The molecule has 0 bridgehead atoms. The number of amides is 2. The maximum atomic E-state index is 12.9. The lowest BCUT2D eigenvalue weighted by Gasteiger charge is -2.28. The maximum Gasteiger partial charge on any atom is 0.270 e. The van der Waals surface area contributed by atoms with Crippen LogP contribution in [0.25, 0.3) is 6.08 Å². The number of anilines is 1. The second-order valence-corrected chi connectivity index (χ2v) is 5.75. The zero-order chi connectivity index (χ0) is 18.5. The number of nitrogens with zero attached hydrogens (tertiary/aromatic N) is 1. The fourth-order valence-corrected chi connectivity index (χ4v) is 2.74. The van der Waals surface area contributed by atoms with Crippen LogP contribution in [0.4, 0.5) is 5.69 Å². The van der Waals surface area contributed by atoms with Gasteiger partial charge in [-0.25, -0.2) is 0 Å². The van der Waals surface area contributed by atoms with Crippen LogP contribution in [0.5, 0.6) is 5.75 Å². The number of carbonyl (C=O) groups is 2. The number of thiocarbonyl (C=S) groups is 1. The van der Waals surface area contributed by atoms with E-state index in [-0.39, 0.29) is 17.3 Å². The topological polar surface area (TPSA) is 58.6 Å². The van der Waals surface area contributed by atoms with Gasteiger partial charge in [0.05, 0.1) is 5.69 Å². The Labute approximate surface area is 156 Å². The molecule has 0 saturated carbocycles. The SMILES string of the molecule is C#CCOc1cccc(/C=C2/C(=O)NC(=S)N(c3ccccc3)C2=O)c1. The summed E-state index contributed by atoms with van der Waals surface area (Å²) in [5.74, 6) is 1.91. The highest BCUT2D eigenvalue weighted by atomic mass is 32.1. The second-order valence-electron chi connectivity index (χ2n) is 5.36. The Morgan fingerprint density at radius 1 is 1.15 bits per heavy atom. The van der Waals surface area contributed by atoms with Crippen LogP contribution < -0.4 is 15.0 Å². The van der Waals surface area contributed by atoms with Crippen LogP contribution in [-0.2, 0) is 9.59 Å². The van der Waals surface area contributed by atoms with Gasteiger partial charge in [0.1, 0.15) is 17.9 Å². The van der Waals surface area contributed by atoms with Crippen molar-refractivity contribution in [2.75, 3.05) is 11.5 Å². The molecule has 0 radical (unpaired) electrons. The third-order valence-corrected chi connectivity index (χ3v) is 3.89. The Balaban J connectivity index is 1.95. The number of carbonyl (C=O) groups excluding carboxylic acids is 2. The summed E-state index contributed by atoms with van der Waals surface area (Å²) in [5.41, 5.74) is 1.20. The molecule has 3 rings (SSSR count). The molecule has 1 heterocycles. The molecule has 0 unspecified atom stereocenters. The Kier molecular flexibility index (Phi) is 5.11. The summed E-state index contributed by atoms with van der Waals surface area (Å²) < 4.78 is 5.36. The van der Waals surface area contributed by atoms with Crippen LogP contribution in [0.15, 0.2) is 60.2 Å². The molecule has 6 heteroatoms. The fourth-order valence-electron chi connectivity index (χ4n) is 2.45. The summed E-state index contributed by atoms with van der Waals surface area (Å²) in [7, 11) is 0. The van der Waals surface area contributed by atoms with Gasteiger partial charge in [-0.3, -0.25) is 19.8 Å². The first-order valence-corrected chi connectivity index (χ1v) is 8.14. The van der Waals surface area contributed by atoms with E-state index in [9.17, 15) is 9.59 Å². The zero-order valence-electron chi connectivity index (χ0n) is 13.6. The highest BCUT2D eigenvalue weighted by Gasteiger charge is 2.34. The molecule has 0 spiro atoms. The first-order valence-electron chi connectivity index (χ1n) is 7.73. The van der Waals surface area contributed by atoms with Gasteiger partial charge in [0.25, 0.3) is 11.8 Å². The van der Waals surface area contributed by atoms with E-state index in [4.69, 9.17) is 23.4 Å². The van der Waals surface area contributed by atoms with Gasteiger partial charge < -0.3 is 4.74 Å². The van der Waals surface area contributed by atoms with E-state index < -0.39 is 11.8 Å². The molecule has 2 amide bonds. The predicted octanol–water partition coefficient (Wildman–Crippen LogP) is 2.53. The van der Waals surface area contributed by atoms with E-state index in [1.54, 1.807) is 48.5 Å². The van der Waals surface area contributed by atoms with Crippen LogP contribution in [0.1, 0.15) is 5.56 Å². The number of rotatable bonds is 4. The van der Waals surface area contributed by atoms with Crippen molar-refractivity contribution < 1.29 is 14.3 Å². The third-order valence-electron chi connectivity index (χ3n) is 3.61. The molecule has 1 saturated heterocycles. The quantitative estimate of drug-likeness (QED) is 0.393. The van der Waals surface area contributed by atoms with Gasteiger partial charge in [-0.1, -0.05) is 36.3 Å². The van der Waals surface area contributed by atoms with E-state index >= 15 is 0 Å². The number of nitrogens with one attached hydrogen (secondary N) is 1. The molecule has 26 heavy (non-hydrogen) atoms. The third kappa shape index (κ3) is 3.63. The smallest absolute Gasteiger partial charge is 0.270 e. The molecular formula is C20H14N2O3S. The van der Waals surface area contributed by atoms with Crippen molar-refractivity contribution in [3.05, 3.63) is 65.7 Å². The number of para-hydroxylation sites is 1. The van der Waals surface area contributed by atoms with Gasteiger partial charge in [0, 0.05) is 0 Å². The van der Waals surface area contributed by atoms with Crippen molar-refractivity contribution in [1.29, 1.82) is 0 Å². The van der Waals surface area contributed by atoms with E-state index in [0.717, 1.165) is 0 Å². The van der Waals surface area contributed by atoms with Crippen molar-refractivity contribution in [3.63, 3.8) is 0 Å². The molecule has 1 fully saturated rings. The van der Waals surface area contributed by atoms with E-state index in [2.05, 4.69) is 11.2 Å². The minimum Gasteiger partial charge on any atom is -0.481 e. The molecule has 1 aliphatic rings. The molecule has 0 aromatic heterocycles. The van der Waals surface area contributed by atoms with Crippen LogP contribution >= 0.6 is 12.2 Å². The summed E-state index contributed by atoms with van der Waals surface area (Å²) in [6.45, 7) is 0.134. The summed E-state index contributed by atoms with van der Waals surface area (Å²) in [6.07, 6.45) is 6.68. The summed E-state index contributed by atoms with van der Waals surface area (Å²) in [5, 5.41) is 2.60. The minimum atomic E-state index is -0.540. The van der Waals surface area contributed by atoms with Crippen molar-refractivity contribution >= 4 is 40.9 Å². The maximum absolute atomic E-state index is 12.9. The Bertz CT molecular complexity index is 945. The minimum absolute atomic E-state index is 0.0171. The summed E-state index contributed by atoms with van der Waals surface area (Å²) in [6, 6.07) is 15.9. The lowest BCUT2D eigenvalue weighted by Crippen LogP contribution is -2.54. The summed E-state index contributed by atoms with van der Waals surface area (Å²) >= 11 is 5.16. The molecule has 128 valence electrons. The lowest BCUT2D eigenvalue weighted by molar-refractivity contribution is -0.122. The number of terminal acetylenes is 1. The van der Waals surface area contributed by atoms with Crippen LogP contribution in [0, 0.1) is 12.3 Å². The van der Waals surface area contributed by atoms with Crippen molar-refractivity contribution in [2.45, 2.75) is 0 Å². The Hall–Kier alpha value is -3.43. The number of benzene rings is 2. The Morgan fingerprint density at radius 2 is 1.92 bits per heavy atom. The average Bonchev–Trinajstić information content (AvgIpc) is 2.64. The predicted molar refractivity (Wildman–Crippen MR) is 103 cm³/mol. The van der Waals surface area contributed by atoms with Gasteiger partial charge in [-0.15, -0.1) is 6.42 Å². The monoisotopic (exact) mass is 362 g/mol. The van der Waals surface area contributed by atoms with Gasteiger partial charge in [-0.2, -0.15) is 0 Å². The van der Waals surface area contributed by atoms with E-state index in [1.165, 1.54) is 11.0 Å². The Morgan fingerprint density at radius 3 is 2.65 bits per heavy atom. The van der Waals surface area contributed by atoms with E-state index in [0.29, 0.717) is 17.0 Å². The fraction of sp³-hybridized carbons (Fsp3) is 0.0500. The second kappa shape index (κ2) is 7.64. The largest absolute Gasteiger partial charge is 0.481 e. The van der Waals surface area contributed by atoms with Gasteiger partial charge >= 0.3 is 0 Å².